The van der Waals surface area contributed by atoms with Crippen molar-refractivity contribution in [3.8, 4) is 17.2 Å². The van der Waals surface area contributed by atoms with Crippen LogP contribution in [0.3, 0.4) is 0 Å². The molecule has 0 aliphatic heterocycles. The van der Waals surface area contributed by atoms with Crippen molar-refractivity contribution in [3.63, 3.8) is 0 Å². The number of hydrogen-bond donors (Lipinski definition) is 1. The Morgan fingerprint density at radius 3 is 2.21 bits per heavy atom. The smallest absolute Gasteiger partial charge is 0.203 e. The average molecular weight is 267 g/mol. The standard InChI is InChI=1S/C15H25NO3/c1-11(2)8-9-16-10-12-6-7-13(17-3)15(19-5)14(12)18-4/h6-7,11,16H,8-10H2,1-5H3. The maximum Gasteiger partial charge on any atom is 0.203 e. The molecule has 1 N–H and O–H groups in total. The van der Waals surface area contributed by atoms with Crippen LogP contribution in [0, 0.1) is 5.92 Å². The summed E-state index contributed by atoms with van der Waals surface area (Å²) in [5.74, 6) is 2.78. The fourth-order valence-corrected chi connectivity index (χ4v) is 1.92. The first-order valence-electron chi connectivity index (χ1n) is 6.62. The number of nitrogens with one attached hydrogen (secondary N) is 1. The van der Waals surface area contributed by atoms with E-state index in [-0.39, 0.29) is 0 Å². The van der Waals surface area contributed by atoms with Gasteiger partial charge in [-0.15, -0.1) is 0 Å². The number of hydrogen-bond acceptors (Lipinski definition) is 4. The predicted octanol–water partition coefficient (Wildman–Crippen LogP) is 2.85. The van der Waals surface area contributed by atoms with E-state index in [1.165, 1.54) is 0 Å². The molecule has 0 saturated carbocycles. The molecular formula is C15H25NO3. The molecule has 1 aromatic rings. The first-order chi connectivity index (χ1) is 9.13. The highest BCUT2D eigenvalue weighted by molar-refractivity contribution is 5.55. The summed E-state index contributed by atoms with van der Waals surface area (Å²) in [6.45, 7) is 6.20. The van der Waals surface area contributed by atoms with Gasteiger partial charge in [-0.2, -0.15) is 0 Å². The van der Waals surface area contributed by atoms with Gasteiger partial charge in [0, 0.05) is 12.1 Å². The fourth-order valence-electron chi connectivity index (χ4n) is 1.92. The third-order valence-corrected chi connectivity index (χ3v) is 3.00. The molecule has 0 bridgehead atoms. The van der Waals surface area contributed by atoms with Gasteiger partial charge in [0.05, 0.1) is 21.3 Å². The highest BCUT2D eigenvalue weighted by Gasteiger charge is 2.15. The van der Waals surface area contributed by atoms with E-state index in [1.807, 2.05) is 12.1 Å². The zero-order valence-corrected chi connectivity index (χ0v) is 12.6. The van der Waals surface area contributed by atoms with E-state index in [9.17, 15) is 0 Å². The Kier molecular flexibility index (Phi) is 6.50. The lowest BCUT2D eigenvalue weighted by Gasteiger charge is -2.16. The molecule has 19 heavy (non-hydrogen) atoms. The summed E-state index contributed by atoms with van der Waals surface area (Å²) in [6, 6.07) is 3.91. The Labute approximate surface area is 116 Å². The molecule has 0 fully saturated rings. The highest BCUT2D eigenvalue weighted by atomic mass is 16.5. The van der Waals surface area contributed by atoms with Gasteiger partial charge < -0.3 is 19.5 Å². The summed E-state index contributed by atoms with van der Waals surface area (Å²) in [7, 11) is 4.89. The van der Waals surface area contributed by atoms with Crippen LogP contribution in [0.2, 0.25) is 0 Å². The molecule has 1 aromatic carbocycles. The van der Waals surface area contributed by atoms with Crippen LogP contribution in [0.1, 0.15) is 25.8 Å². The maximum absolute atomic E-state index is 5.44. The summed E-state index contributed by atoms with van der Waals surface area (Å²) in [6.07, 6.45) is 1.16. The minimum absolute atomic E-state index is 0.646. The van der Waals surface area contributed by atoms with Crippen LogP contribution < -0.4 is 19.5 Å². The van der Waals surface area contributed by atoms with Gasteiger partial charge in [-0.05, 0) is 24.9 Å². The lowest BCUT2D eigenvalue weighted by Crippen LogP contribution is -2.17. The van der Waals surface area contributed by atoms with E-state index in [1.54, 1.807) is 21.3 Å². The number of ether oxygens (including phenoxy) is 3. The van der Waals surface area contributed by atoms with Crippen LogP contribution in [0.4, 0.5) is 0 Å². The molecule has 4 heteroatoms. The van der Waals surface area contributed by atoms with Crippen LogP contribution in [-0.2, 0) is 6.54 Å². The van der Waals surface area contributed by atoms with Gasteiger partial charge in [-0.1, -0.05) is 19.9 Å². The minimum atomic E-state index is 0.646. The van der Waals surface area contributed by atoms with Crippen LogP contribution in [-0.4, -0.2) is 27.9 Å². The molecule has 0 amide bonds. The molecule has 0 heterocycles. The molecule has 108 valence electrons. The largest absolute Gasteiger partial charge is 0.493 e. The van der Waals surface area contributed by atoms with Crippen molar-refractivity contribution >= 4 is 0 Å². The molecule has 0 aliphatic rings. The molecule has 0 aromatic heterocycles. The maximum atomic E-state index is 5.44. The molecular weight excluding hydrogens is 242 g/mol. The van der Waals surface area contributed by atoms with Gasteiger partial charge in [-0.3, -0.25) is 0 Å². The fraction of sp³-hybridized carbons (Fsp3) is 0.600. The van der Waals surface area contributed by atoms with E-state index in [0.717, 1.165) is 30.8 Å². The van der Waals surface area contributed by atoms with E-state index in [4.69, 9.17) is 14.2 Å². The lowest BCUT2D eigenvalue weighted by molar-refractivity contribution is 0.321. The molecule has 0 radical (unpaired) electrons. The molecule has 1 rings (SSSR count). The van der Waals surface area contributed by atoms with Crippen molar-refractivity contribution in [1.29, 1.82) is 0 Å². The van der Waals surface area contributed by atoms with Gasteiger partial charge in [0.15, 0.2) is 11.5 Å². The molecule has 0 unspecified atom stereocenters. The number of rotatable bonds is 8. The summed E-state index contributed by atoms with van der Waals surface area (Å²) in [5.41, 5.74) is 1.07. The summed E-state index contributed by atoms with van der Waals surface area (Å²) >= 11 is 0. The van der Waals surface area contributed by atoms with Gasteiger partial charge >= 0.3 is 0 Å². The topological polar surface area (TPSA) is 39.7 Å². The Bertz CT molecular complexity index is 391. The monoisotopic (exact) mass is 267 g/mol. The predicted molar refractivity (Wildman–Crippen MR) is 77.3 cm³/mol. The normalized spacial score (nSPS) is 10.6. The Hall–Kier alpha value is -1.42. The number of methoxy groups -OCH3 is 3. The first kappa shape index (κ1) is 15.6. The zero-order chi connectivity index (χ0) is 14.3. The van der Waals surface area contributed by atoms with Gasteiger partial charge in [0.1, 0.15) is 0 Å². The molecule has 0 aliphatic carbocycles. The molecule has 0 spiro atoms. The summed E-state index contributed by atoms with van der Waals surface area (Å²) in [4.78, 5) is 0. The van der Waals surface area contributed by atoms with Crippen LogP contribution in [0.5, 0.6) is 17.2 Å². The quantitative estimate of drug-likeness (QED) is 0.735. The zero-order valence-electron chi connectivity index (χ0n) is 12.6. The van der Waals surface area contributed by atoms with Gasteiger partial charge in [0.2, 0.25) is 5.75 Å². The SMILES string of the molecule is COc1ccc(CNCCC(C)C)c(OC)c1OC. The number of benzene rings is 1. The van der Waals surface area contributed by atoms with Crippen molar-refractivity contribution in [1.82, 2.24) is 5.32 Å². The van der Waals surface area contributed by atoms with Crippen LogP contribution in [0.15, 0.2) is 12.1 Å². The van der Waals surface area contributed by atoms with Crippen molar-refractivity contribution in [2.75, 3.05) is 27.9 Å². The first-order valence-corrected chi connectivity index (χ1v) is 6.62. The van der Waals surface area contributed by atoms with Crippen molar-refractivity contribution in [2.45, 2.75) is 26.8 Å². The van der Waals surface area contributed by atoms with E-state index < -0.39 is 0 Å². The second-order valence-electron chi connectivity index (χ2n) is 4.85. The van der Waals surface area contributed by atoms with E-state index in [0.29, 0.717) is 17.4 Å². The lowest BCUT2D eigenvalue weighted by atomic mass is 10.1. The van der Waals surface area contributed by atoms with Crippen molar-refractivity contribution in [2.24, 2.45) is 5.92 Å². The Morgan fingerprint density at radius 2 is 1.68 bits per heavy atom. The van der Waals surface area contributed by atoms with E-state index >= 15 is 0 Å². The third kappa shape index (κ3) is 4.31. The van der Waals surface area contributed by atoms with Gasteiger partial charge in [0.25, 0.3) is 0 Å². The highest BCUT2D eigenvalue weighted by Crippen LogP contribution is 2.39. The second kappa shape index (κ2) is 7.89. The molecule has 4 nitrogen and oxygen atoms in total. The van der Waals surface area contributed by atoms with Gasteiger partial charge in [-0.25, -0.2) is 0 Å². The van der Waals surface area contributed by atoms with E-state index in [2.05, 4.69) is 19.2 Å². The van der Waals surface area contributed by atoms with Crippen molar-refractivity contribution in [3.05, 3.63) is 17.7 Å². The average Bonchev–Trinajstić information content (AvgIpc) is 2.42. The second-order valence-corrected chi connectivity index (χ2v) is 4.85. The van der Waals surface area contributed by atoms with Crippen LogP contribution >= 0.6 is 0 Å². The summed E-state index contributed by atoms with van der Waals surface area (Å²) < 4.78 is 16.1. The molecule has 0 atom stereocenters. The third-order valence-electron chi connectivity index (χ3n) is 3.00. The Morgan fingerprint density at radius 1 is 1.00 bits per heavy atom. The Balaban J connectivity index is 2.77. The van der Waals surface area contributed by atoms with Crippen LogP contribution in [0.25, 0.3) is 0 Å². The molecule has 0 saturated heterocycles. The minimum Gasteiger partial charge on any atom is -0.493 e. The van der Waals surface area contributed by atoms with Crippen molar-refractivity contribution < 1.29 is 14.2 Å². The summed E-state index contributed by atoms with van der Waals surface area (Å²) in [5, 5.41) is 3.42.